The van der Waals surface area contributed by atoms with Crippen molar-refractivity contribution in [2.24, 2.45) is 0 Å². The van der Waals surface area contributed by atoms with Crippen LogP contribution in [0.2, 0.25) is 0 Å². The smallest absolute Gasteiger partial charge is 0.231 e. The molecule has 3 heterocycles. The summed E-state index contributed by atoms with van der Waals surface area (Å²) in [5.74, 6) is -0.775. The molecule has 2 aliphatic rings. The van der Waals surface area contributed by atoms with Gasteiger partial charge in [0.15, 0.2) is 0 Å². The molecule has 3 unspecified atom stereocenters. The van der Waals surface area contributed by atoms with Crippen molar-refractivity contribution in [1.29, 1.82) is 0 Å². The number of aliphatic hydroxyl groups excluding tert-OH is 1. The Morgan fingerprint density at radius 2 is 2.19 bits per heavy atom. The molecule has 6 nitrogen and oxygen atoms in total. The Labute approximate surface area is 124 Å². The summed E-state index contributed by atoms with van der Waals surface area (Å²) < 4.78 is 0. The molecule has 1 amide bonds. The first-order valence-electron chi connectivity index (χ1n) is 7.59. The second-order valence-corrected chi connectivity index (χ2v) is 6.11. The second kappa shape index (κ2) is 6.07. The first-order chi connectivity index (χ1) is 10.2. The van der Waals surface area contributed by atoms with E-state index in [0.29, 0.717) is 17.8 Å². The Balaban J connectivity index is 1.63. The molecule has 0 spiro atoms. The summed E-state index contributed by atoms with van der Waals surface area (Å²) in [5, 5.41) is 20.3. The number of aromatic nitrogens is 2. The van der Waals surface area contributed by atoms with E-state index in [2.05, 4.69) is 27.5 Å². The number of aliphatic hydroxyl groups is 1. The standard InChI is InChI=1S/C15H22N4O2/c1-19-11-4-5-12(19)8-10(7-11)17-15(21)13(9-20)14-3-2-6-16-18-14/h2-3,6,10-13,20H,4-5,7-9H2,1H3,(H,17,21). The average molecular weight is 290 g/mol. The lowest BCUT2D eigenvalue weighted by molar-refractivity contribution is -0.124. The molecule has 0 aromatic carbocycles. The number of hydrogen-bond donors (Lipinski definition) is 2. The quantitative estimate of drug-likeness (QED) is 0.833. The van der Waals surface area contributed by atoms with Crippen molar-refractivity contribution in [3.8, 4) is 0 Å². The van der Waals surface area contributed by atoms with E-state index in [1.165, 1.54) is 12.8 Å². The second-order valence-electron chi connectivity index (χ2n) is 6.11. The molecule has 6 heteroatoms. The van der Waals surface area contributed by atoms with Crippen LogP contribution >= 0.6 is 0 Å². The average Bonchev–Trinajstić information content (AvgIpc) is 2.72. The van der Waals surface area contributed by atoms with Crippen LogP contribution in [0.25, 0.3) is 0 Å². The highest BCUT2D eigenvalue weighted by atomic mass is 16.3. The molecule has 1 aromatic heterocycles. The van der Waals surface area contributed by atoms with E-state index >= 15 is 0 Å². The van der Waals surface area contributed by atoms with Gasteiger partial charge in [-0.1, -0.05) is 0 Å². The highest BCUT2D eigenvalue weighted by Gasteiger charge is 2.39. The Morgan fingerprint density at radius 1 is 1.48 bits per heavy atom. The predicted molar refractivity (Wildman–Crippen MR) is 77.6 cm³/mol. The van der Waals surface area contributed by atoms with Crippen molar-refractivity contribution < 1.29 is 9.90 Å². The molecule has 3 rings (SSSR count). The first kappa shape index (κ1) is 14.4. The van der Waals surface area contributed by atoms with Gasteiger partial charge in [-0.05, 0) is 44.9 Å². The number of nitrogens with one attached hydrogen (secondary N) is 1. The fraction of sp³-hybridized carbons (Fsp3) is 0.667. The monoisotopic (exact) mass is 290 g/mol. The van der Waals surface area contributed by atoms with Gasteiger partial charge in [-0.3, -0.25) is 4.79 Å². The van der Waals surface area contributed by atoms with Gasteiger partial charge < -0.3 is 15.3 Å². The molecule has 2 aliphatic heterocycles. The minimum absolute atomic E-state index is 0.146. The van der Waals surface area contributed by atoms with E-state index in [-0.39, 0.29) is 18.6 Å². The topological polar surface area (TPSA) is 78.4 Å². The number of fused-ring (bicyclic) bond motifs is 2. The van der Waals surface area contributed by atoms with Crippen molar-refractivity contribution in [1.82, 2.24) is 20.4 Å². The maximum atomic E-state index is 12.4. The third kappa shape index (κ3) is 2.91. The van der Waals surface area contributed by atoms with Crippen LogP contribution in [0.1, 0.15) is 37.3 Å². The highest BCUT2D eigenvalue weighted by molar-refractivity contribution is 5.83. The first-order valence-corrected chi connectivity index (χ1v) is 7.59. The van der Waals surface area contributed by atoms with Gasteiger partial charge in [0.05, 0.1) is 12.3 Å². The van der Waals surface area contributed by atoms with Crippen LogP contribution in [-0.4, -0.2) is 57.9 Å². The Morgan fingerprint density at radius 3 is 2.76 bits per heavy atom. The van der Waals surface area contributed by atoms with Crippen molar-refractivity contribution in [2.75, 3.05) is 13.7 Å². The zero-order chi connectivity index (χ0) is 14.8. The number of carbonyl (C=O) groups is 1. The molecule has 0 saturated carbocycles. The minimum Gasteiger partial charge on any atom is -0.395 e. The van der Waals surface area contributed by atoms with Gasteiger partial charge in [0, 0.05) is 24.3 Å². The number of amides is 1. The molecule has 21 heavy (non-hydrogen) atoms. The number of hydrogen-bond acceptors (Lipinski definition) is 5. The number of carbonyl (C=O) groups excluding carboxylic acids is 1. The number of piperidine rings is 1. The van der Waals surface area contributed by atoms with Gasteiger partial charge in [-0.15, -0.1) is 0 Å². The minimum atomic E-state index is -0.629. The molecular weight excluding hydrogens is 268 g/mol. The fourth-order valence-electron chi connectivity index (χ4n) is 3.64. The largest absolute Gasteiger partial charge is 0.395 e. The van der Waals surface area contributed by atoms with Gasteiger partial charge in [0.2, 0.25) is 5.91 Å². The SMILES string of the molecule is CN1C2CCC1CC(NC(=O)C(CO)c1cccnn1)C2. The maximum absolute atomic E-state index is 12.4. The Kier molecular flexibility index (Phi) is 4.17. The van der Waals surface area contributed by atoms with Gasteiger partial charge in [-0.25, -0.2) is 0 Å². The predicted octanol–water partition coefficient (Wildman–Crippen LogP) is 0.294. The number of rotatable bonds is 4. The van der Waals surface area contributed by atoms with E-state index in [1.807, 2.05) is 0 Å². The summed E-state index contributed by atoms with van der Waals surface area (Å²) in [6.07, 6.45) is 6.00. The normalized spacial score (nSPS) is 30.1. The third-order valence-corrected chi connectivity index (χ3v) is 4.89. The van der Waals surface area contributed by atoms with Crippen LogP contribution in [0.4, 0.5) is 0 Å². The van der Waals surface area contributed by atoms with Crippen LogP contribution in [0.3, 0.4) is 0 Å². The van der Waals surface area contributed by atoms with Crippen molar-refractivity contribution in [2.45, 2.75) is 49.7 Å². The van der Waals surface area contributed by atoms with Crippen LogP contribution in [0, 0.1) is 0 Å². The van der Waals surface area contributed by atoms with E-state index < -0.39 is 5.92 Å². The summed E-state index contributed by atoms with van der Waals surface area (Å²) in [6.45, 7) is -0.246. The Bertz CT molecular complexity index is 482. The molecule has 0 radical (unpaired) electrons. The lowest BCUT2D eigenvalue weighted by Gasteiger charge is -2.37. The van der Waals surface area contributed by atoms with Crippen molar-refractivity contribution in [3.63, 3.8) is 0 Å². The third-order valence-electron chi connectivity index (χ3n) is 4.89. The van der Waals surface area contributed by atoms with Crippen LogP contribution in [-0.2, 0) is 4.79 Å². The molecule has 0 aliphatic carbocycles. The van der Waals surface area contributed by atoms with Gasteiger partial charge in [-0.2, -0.15) is 10.2 Å². The van der Waals surface area contributed by atoms with Crippen LogP contribution in [0.5, 0.6) is 0 Å². The fourth-order valence-corrected chi connectivity index (χ4v) is 3.64. The maximum Gasteiger partial charge on any atom is 0.231 e. The highest BCUT2D eigenvalue weighted by Crippen LogP contribution is 2.34. The zero-order valence-corrected chi connectivity index (χ0v) is 12.3. The van der Waals surface area contributed by atoms with E-state index in [9.17, 15) is 9.90 Å². The summed E-state index contributed by atoms with van der Waals surface area (Å²) >= 11 is 0. The van der Waals surface area contributed by atoms with E-state index in [4.69, 9.17) is 0 Å². The molecule has 2 bridgehead atoms. The number of nitrogens with zero attached hydrogens (tertiary/aromatic N) is 3. The lowest BCUT2D eigenvalue weighted by atomic mass is 9.96. The molecule has 2 saturated heterocycles. The molecule has 2 fully saturated rings. The van der Waals surface area contributed by atoms with E-state index in [1.54, 1.807) is 18.3 Å². The van der Waals surface area contributed by atoms with Gasteiger partial charge >= 0.3 is 0 Å². The van der Waals surface area contributed by atoms with Gasteiger partial charge in [0.25, 0.3) is 0 Å². The summed E-state index contributed by atoms with van der Waals surface area (Å²) in [5.41, 5.74) is 0.522. The molecular formula is C15H22N4O2. The van der Waals surface area contributed by atoms with Crippen molar-refractivity contribution in [3.05, 3.63) is 24.0 Å². The molecule has 1 aromatic rings. The zero-order valence-electron chi connectivity index (χ0n) is 12.3. The molecule has 3 atom stereocenters. The van der Waals surface area contributed by atoms with Crippen LogP contribution in [0.15, 0.2) is 18.3 Å². The summed E-state index contributed by atoms with van der Waals surface area (Å²) in [6, 6.07) is 4.83. The van der Waals surface area contributed by atoms with E-state index in [0.717, 1.165) is 12.8 Å². The molecule has 114 valence electrons. The summed E-state index contributed by atoms with van der Waals surface area (Å²) in [7, 11) is 2.18. The summed E-state index contributed by atoms with van der Waals surface area (Å²) in [4.78, 5) is 14.8. The van der Waals surface area contributed by atoms with Crippen molar-refractivity contribution >= 4 is 5.91 Å². The molecule has 2 N–H and O–H groups in total. The van der Waals surface area contributed by atoms with Crippen LogP contribution < -0.4 is 5.32 Å². The lowest BCUT2D eigenvalue weighted by Crippen LogP contribution is -2.50. The van der Waals surface area contributed by atoms with Gasteiger partial charge in [0.1, 0.15) is 5.92 Å². The Hall–Kier alpha value is -1.53.